The van der Waals surface area contributed by atoms with E-state index in [9.17, 15) is 4.39 Å². The normalized spacial score (nSPS) is 11.9. The minimum atomic E-state index is -0.201. The van der Waals surface area contributed by atoms with Gasteiger partial charge in [-0.25, -0.2) is 4.39 Å². The highest BCUT2D eigenvalue weighted by Crippen LogP contribution is 2.21. The lowest BCUT2D eigenvalue weighted by Crippen LogP contribution is -2.15. The van der Waals surface area contributed by atoms with Crippen LogP contribution in [0.5, 0.6) is 0 Å². The third-order valence-electron chi connectivity index (χ3n) is 2.37. The van der Waals surface area contributed by atoms with Gasteiger partial charge < -0.3 is 5.32 Å². The van der Waals surface area contributed by atoms with E-state index >= 15 is 0 Å². The van der Waals surface area contributed by atoms with Crippen LogP contribution in [-0.2, 0) is 0 Å². The molecule has 1 rings (SSSR count). The maximum Gasteiger partial charge on any atom is 0.123 e. The van der Waals surface area contributed by atoms with Crippen LogP contribution in [0.4, 0.5) is 4.39 Å². The molecule has 0 saturated carbocycles. The van der Waals surface area contributed by atoms with Gasteiger partial charge in [0.2, 0.25) is 0 Å². The molecule has 0 unspecified atom stereocenters. The van der Waals surface area contributed by atoms with Gasteiger partial charge in [0.15, 0.2) is 0 Å². The Morgan fingerprint density at radius 2 is 2.19 bits per heavy atom. The molecule has 3 heteroatoms. The van der Waals surface area contributed by atoms with Crippen LogP contribution in [0, 0.1) is 5.82 Å². The lowest BCUT2D eigenvalue weighted by Gasteiger charge is -2.06. The molecule has 1 N–H and O–H groups in total. The number of benzene rings is 1. The fourth-order valence-corrected chi connectivity index (χ4v) is 1.77. The maximum atomic E-state index is 13.1. The average Bonchev–Trinajstić information content (AvgIpc) is 2.28. The van der Waals surface area contributed by atoms with Crippen molar-refractivity contribution in [3.05, 3.63) is 39.6 Å². The molecule has 0 fully saturated rings. The zero-order chi connectivity index (χ0) is 12.0. The summed E-state index contributed by atoms with van der Waals surface area (Å²) in [6.45, 7) is 5.99. The Kier molecular flexibility index (Phi) is 5.71. The van der Waals surface area contributed by atoms with Crippen LogP contribution in [0.25, 0.3) is 6.08 Å². The highest BCUT2D eigenvalue weighted by atomic mass is 79.9. The van der Waals surface area contributed by atoms with Crippen LogP contribution in [0.2, 0.25) is 0 Å². The maximum absolute atomic E-state index is 13.1. The van der Waals surface area contributed by atoms with Gasteiger partial charge >= 0.3 is 0 Å². The molecule has 16 heavy (non-hydrogen) atoms. The summed E-state index contributed by atoms with van der Waals surface area (Å²) in [5, 5.41) is 3.28. The molecule has 0 heterocycles. The number of likely N-dealkylation sites (N-methyl/N-ethyl adjacent to an activating group) is 1. The highest BCUT2D eigenvalue weighted by molar-refractivity contribution is 9.10. The van der Waals surface area contributed by atoms with Gasteiger partial charge in [-0.1, -0.05) is 41.4 Å². The van der Waals surface area contributed by atoms with Crippen LogP contribution in [0.1, 0.15) is 25.8 Å². The monoisotopic (exact) mass is 285 g/mol. The second-order valence-electron chi connectivity index (χ2n) is 3.60. The summed E-state index contributed by atoms with van der Waals surface area (Å²) in [6, 6.07) is 4.74. The lowest BCUT2D eigenvalue weighted by molar-refractivity contribution is 0.627. The Balaban J connectivity index is 2.89. The van der Waals surface area contributed by atoms with Crippen molar-refractivity contribution in [2.75, 3.05) is 13.1 Å². The van der Waals surface area contributed by atoms with E-state index in [0.29, 0.717) is 0 Å². The molecule has 0 aliphatic carbocycles. The van der Waals surface area contributed by atoms with Crippen LogP contribution in [-0.4, -0.2) is 13.1 Å². The standard InChI is InChI=1S/C13H17BrFN/c1-3-10(9-16-4-2)7-11-8-12(15)5-6-13(11)14/h5-8,16H,3-4,9H2,1-2H3/b10-7+. The van der Waals surface area contributed by atoms with Crippen molar-refractivity contribution in [1.82, 2.24) is 5.32 Å². The molecule has 0 spiro atoms. The number of halogens is 2. The highest BCUT2D eigenvalue weighted by Gasteiger charge is 2.01. The van der Waals surface area contributed by atoms with Crippen LogP contribution in [0.3, 0.4) is 0 Å². The second kappa shape index (κ2) is 6.81. The number of hydrogen-bond acceptors (Lipinski definition) is 1. The van der Waals surface area contributed by atoms with Crippen molar-refractivity contribution in [1.29, 1.82) is 0 Å². The average molecular weight is 286 g/mol. The van der Waals surface area contributed by atoms with E-state index in [4.69, 9.17) is 0 Å². The van der Waals surface area contributed by atoms with Crippen molar-refractivity contribution in [2.45, 2.75) is 20.3 Å². The van der Waals surface area contributed by atoms with Gasteiger partial charge in [0, 0.05) is 11.0 Å². The van der Waals surface area contributed by atoms with Gasteiger partial charge in [0.05, 0.1) is 0 Å². The summed E-state index contributed by atoms with van der Waals surface area (Å²) in [5.41, 5.74) is 2.17. The van der Waals surface area contributed by atoms with E-state index in [-0.39, 0.29) is 5.82 Å². The summed E-state index contributed by atoms with van der Waals surface area (Å²) in [4.78, 5) is 0. The van der Waals surface area contributed by atoms with Crippen molar-refractivity contribution in [3.8, 4) is 0 Å². The molecule has 0 radical (unpaired) electrons. The smallest absolute Gasteiger partial charge is 0.123 e. The lowest BCUT2D eigenvalue weighted by atomic mass is 10.1. The Labute approximate surface area is 105 Å². The van der Waals surface area contributed by atoms with Crippen LogP contribution < -0.4 is 5.32 Å². The van der Waals surface area contributed by atoms with Crippen LogP contribution >= 0.6 is 15.9 Å². The first kappa shape index (κ1) is 13.4. The molecular formula is C13H17BrFN. The fourth-order valence-electron chi connectivity index (χ4n) is 1.41. The first-order chi connectivity index (χ1) is 7.67. The molecule has 0 aliphatic rings. The number of hydrogen-bond donors (Lipinski definition) is 1. The van der Waals surface area contributed by atoms with E-state index in [1.807, 2.05) is 6.08 Å². The van der Waals surface area contributed by atoms with Gasteiger partial charge in [-0.3, -0.25) is 0 Å². The Morgan fingerprint density at radius 1 is 1.44 bits per heavy atom. The summed E-state index contributed by atoms with van der Waals surface area (Å²) in [5.74, 6) is -0.201. The molecule has 88 valence electrons. The van der Waals surface area contributed by atoms with E-state index in [1.54, 1.807) is 12.1 Å². The van der Waals surface area contributed by atoms with Crippen molar-refractivity contribution in [3.63, 3.8) is 0 Å². The topological polar surface area (TPSA) is 12.0 Å². The first-order valence-corrected chi connectivity index (χ1v) is 6.31. The Bertz CT molecular complexity index is 374. The Morgan fingerprint density at radius 3 is 2.81 bits per heavy atom. The summed E-state index contributed by atoms with van der Waals surface area (Å²) >= 11 is 3.42. The molecule has 0 aliphatic heterocycles. The number of nitrogens with one attached hydrogen (secondary N) is 1. The Hall–Kier alpha value is -0.670. The first-order valence-electron chi connectivity index (χ1n) is 5.52. The van der Waals surface area contributed by atoms with Gasteiger partial charge in [-0.2, -0.15) is 0 Å². The van der Waals surface area contributed by atoms with Gasteiger partial charge in [-0.05, 0) is 36.7 Å². The minimum absolute atomic E-state index is 0.201. The minimum Gasteiger partial charge on any atom is -0.313 e. The summed E-state index contributed by atoms with van der Waals surface area (Å²) in [7, 11) is 0. The largest absolute Gasteiger partial charge is 0.313 e. The van der Waals surface area contributed by atoms with E-state index in [0.717, 1.165) is 29.5 Å². The van der Waals surface area contributed by atoms with E-state index in [2.05, 4.69) is 35.1 Å². The number of rotatable bonds is 5. The molecule has 0 atom stereocenters. The quantitative estimate of drug-likeness (QED) is 0.863. The van der Waals surface area contributed by atoms with E-state index in [1.165, 1.54) is 11.6 Å². The van der Waals surface area contributed by atoms with Crippen molar-refractivity contribution < 1.29 is 4.39 Å². The zero-order valence-corrected chi connectivity index (χ0v) is 11.3. The molecule has 0 saturated heterocycles. The fraction of sp³-hybridized carbons (Fsp3) is 0.385. The second-order valence-corrected chi connectivity index (χ2v) is 4.46. The molecule has 1 aromatic rings. The van der Waals surface area contributed by atoms with Gasteiger partial charge in [-0.15, -0.1) is 0 Å². The molecule has 1 aromatic carbocycles. The van der Waals surface area contributed by atoms with E-state index < -0.39 is 0 Å². The molecule has 0 bridgehead atoms. The third kappa shape index (κ3) is 4.06. The zero-order valence-electron chi connectivity index (χ0n) is 9.69. The molecule has 0 amide bonds. The third-order valence-corrected chi connectivity index (χ3v) is 3.10. The SMILES string of the molecule is CCNC/C(=C/c1cc(F)ccc1Br)CC. The summed E-state index contributed by atoms with van der Waals surface area (Å²) < 4.78 is 14.0. The van der Waals surface area contributed by atoms with Crippen molar-refractivity contribution in [2.24, 2.45) is 0 Å². The van der Waals surface area contributed by atoms with Gasteiger partial charge in [0.25, 0.3) is 0 Å². The van der Waals surface area contributed by atoms with Gasteiger partial charge in [0.1, 0.15) is 5.82 Å². The summed E-state index contributed by atoms with van der Waals surface area (Å²) in [6.07, 6.45) is 3.01. The molecule has 1 nitrogen and oxygen atoms in total. The molecular weight excluding hydrogens is 269 g/mol. The molecule has 0 aromatic heterocycles. The predicted molar refractivity (Wildman–Crippen MR) is 70.9 cm³/mol. The predicted octanol–water partition coefficient (Wildman–Crippen LogP) is 3.99. The van der Waals surface area contributed by atoms with Crippen LogP contribution in [0.15, 0.2) is 28.2 Å². The van der Waals surface area contributed by atoms with Crippen molar-refractivity contribution >= 4 is 22.0 Å².